The number of rotatable bonds is 2. The Morgan fingerprint density at radius 3 is 2.36 bits per heavy atom. The smallest absolute Gasteiger partial charge is 0.164 e. The summed E-state index contributed by atoms with van der Waals surface area (Å²) in [6.07, 6.45) is 6.05. The summed E-state index contributed by atoms with van der Waals surface area (Å²) in [4.78, 5) is 11.9. The van der Waals surface area contributed by atoms with Crippen LogP contribution in [-0.2, 0) is 11.8 Å². The summed E-state index contributed by atoms with van der Waals surface area (Å²) in [6, 6.07) is 12.2. The monoisotopic (exact) mass is 336 g/mol. The number of hydrogen-bond acceptors (Lipinski definition) is 3. The van der Waals surface area contributed by atoms with Crippen LogP contribution >= 0.6 is 0 Å². The molecule has 0 amide bonds. The number of carbonyl (C=O) groups excluding carboxylic acids is 1. The standard InChI is InChI=1S/C13H16O3.C9H8/c1-13(2)7-10(14)8-5-11(15-3)12(16-4)6-9(8)13;1-2-5-9-7-3-6-8(9)4-1/h5-6H,7H2,1-4H3;1-6H,7H2. The summed E-state index contributed by atoms with van der Waals surface area (Å²) in [6.45, 7) is 4.14. The van der Waals surface area contributed by atoms with Crippen LogP contribution in [0, 0.1) is 0 Å². The van der Waals surface area contributed by atoms with Crippen LogP contribution in [0.15, 0.2) is 42.5 Å². The van der Waals surface area contributed by atoms with Crippen LogP contribution in [0.4, 0.5) is 0 Å². The molecule has 130 valence electrons. The minimum atomic E-state index is -0.105. The van der Waals surface area contributed by atoms with Crippen molar-refractivity contribution in [3.8, 4) is 11.5 Å². The van der Waals surface area contributed by atoms with E-state index >= 15 is 0 Å². The molecule has 0 saturated carbocycles. The molecule has 0 aromatic heterocycles. The number of hydrogen-bond donors (Lipinski definition) is 0. The predicted molar refractivity (Wildman–Crippen MR) is 101 cm³/mol. The molecule has 0 N–H and O–H groups in total. The first-order chi connectivity index (χ1) is 12.0. The number of Topliss-reactive ketones (excluding diaryl/α,β-unsaturated/α-hetero) is 1. The molecule has 0 bridgehead atoms. The lowest BCUT2D eigenvalue weighted by Crippen LogP contribution is -2.12. The van der Waals surface area contributed by atoms with Crippen molar-refractivity contribution in [1.29, 1.82) is 0 Å². The number of ether oxygens (including phenoxy) is 2. The second-order valence-electron chi connectivity index (χ2n) is 7.04. The van der Waals surface area contributed by atoms with E-state index in [0.29, 0.717) is 17.9 Å². The molecular weight excluding hydrogens is 312 g/mol. The molecule has 3 heteroatoms. The topological polar surface area (TPSA) is 35.5 Å². The van der Waals surface area contributed by atoms with Crippen molar-refractivity contribution in [2.75, 3.05) is 14.2 Å². The quantitative estimate of drug-likeness (QED) is 0.788. The zero-order valence-electron chi connectivity index (χ0n) is 15.3. The Bertz CT molecular complexity index is 831. The Balaban J connectivity index is 0.000000170. The molecule has 25 heavy (non-hydrogen) atoms. The highest BCUT2D eigenvalue weighted by Gasteiger charge is 2.36. The predicted octanol–water partition coefficient (Wildman–Crippen LogP) is 4.82. The Morgan fingerprint density at radius 1 is 1.00 bits per heavy atom. The maximum absolute atomic E-state index is 11.9. The van der Waals surface area contributed by atoms with Crippen molar-refractivity contribution >= 4 is 11.9 Å². The highest BCUT2D eigenvalue weighted by atomic mass is 16.5. The van der Waals surface area contributed by atoms with E-state index in [1.54, 1.807) is 20.3 Å². The van der Waals surface area contributed by atoms with E-state index in [4.69, 9.17) is 9.47 Å². The average Bonchev–Trinajstić information content (AvgIpc) is 3.17. The SMILES string of the molecule is C1=Cc2ccccc2C1.COc1cc2c(cc1OC)C(C)(C)CC2=O. The first-order valence-corrected chi connectivity index (χ1v) is 8.50. The number of fused-ring (bicyclic) bond motifs is 2. The number of ketones is 1. The van der Waals surface area contributed by atoms with Gasteiger partial charge in [0.1, 0.15) is 0 Å². The van der Waals surface area contributed by atoms with E-state index < -0.39 is 0 Å². The van der Waals surface area contributed by atoms with Crippen LogP contribution in [0.1, 0.15) is 47.3 Å². The molecule has 0 spiro atoms. The number of methoxy groups -OCH3 is 2. The fourth-order valence-electron chi connectivity index (χ4n) is 3.46. The van der Waals surface area contributed by atoms with Crippen LogP contribution in [-0.4, -0.2) is 20.0 Å². The summed E-state index contributed by atoms with van der Waals surface area (Å²) in [7, 11) is 3.18. The Hall–Kier alpha value is -2.55. The normalized spacial score (nSPS) is 15.9. The molecule has 0 heterocycles. The van der Waals surface area contributed by atoms with Crippen LogP contribution in [0.25, 0.3) is 6.08 Å². The Kier molecular flexibility index (Phi) is 4.67. The van der Waals surface area contributed by atoms with Gasteiger partial charge < -0.3 is 9.47 Å². The summed E-state index contributed by atoms with van der Waals surface area (Å²) in [5, 5.41) is 0. The van der Waals surface area contributed by atoms with Gasteiger partial charge in [0.2, 0.25) is 0 Å². The average molecular weight is 336 g/mol. The maximum Gasteiger partial charge on any atom is 0.164 e. The largest absolute Gasteiger partial charge is 0.493 e. The third kappa shape index (κ3) is 3.32. The van der Waals surface area contributed by atoms with Gasteiger partial charge in [0.05, 0.1) is 14.2 Å². The van der Waals surface area contributed by atoms with E-state index in [9.17, 15) is 4.79 Å². The Labute approximate surface area is 149 Å². The first kappa shape index (κ1) is 17.3. The minimum Gasteiger partial charge on any atom is -0.493 e. The van der Waals surface area contributed by atoms with Crippen molar-refractivity contribution in [2.45, 2.75) is 32.1 Å². The zero-order valence-corrected chi connectivity index (χ0v) is 15.3. The lowest BCUT2D eigenvalue weighted by atomic mass is 9.86. The van der Waals surface area contributed by atoms with E-state index in [-0.39, 0.29) is 11.2 Å². The molecule has 3 nitrogen and oxygen atoms in total. The van der Waals surface area contributed by atoms with Gasteiger partial charge in [-0.3, -0.25) is 4.79 Å². The number of allylic oxidation sites excluding steroid dienone is 1. The fourth-order valence-corrected chi connectivity index (χ4v) is 3.46. The highest BCUT2D eigenvalue weighted by Crippen LogP contribution is 2.43. The van der Waals surface area contributed by atoms with Gasteiger partial charge in [-0.2, -0.15) is 0 Å². The van der Waals surface area contributed by atoms with Gasteiger partial charge in [0.25, 0.3) is 0 Å². The number of benzene rings is 2. The van der Waals surface area contributed by atoms with E-state index in [0.717, 1.165) is 17.5 Å². The molecule has 0 unspecified atom stereocenters. The zero-order chi connectivity index (χ0) is 18.0. The summed E-state index contributed by atoms with van der Waals surface area (Å²) in [5.74, 6) is 1.48. The molecule has 2 aromatic carbocycles. The second-order valence-corrected chi connectivity index (χ2v) is 7.04. The molecule has 2 aliphatic carbocycles. The summed E-state index contributed by atoms with van der Waals surface area (Å²) >= 11 is 0. The third-order valence-electron chi connectivity index (χ3n) is 4.85. The molecule has 4 rings (SSSR count). The van der Waals surface area contributed by atoms with Crippen LogP contribution < -0.4 is 9.47 Å². The first-order valence-electron chi connectivity index (χ1n) is 8.50. The van der Waals surface area contributed by atoms with Crippen LogP contribution in [0.2, 0.25) is 0 Å². The lowest BCUT2D eigenvalue weighted by molar-refractivity contribution is 0.0979. The van der Waals surface area contributed by atoms with Gasteiger partial charge in [-0.1, -0.05) is 50.3 Å². The molecule has 0 radical (unpaired) electrons. The summed E-state index contributed by atoms with van der Waals surface area (Å²) < 4.78 is 10.5. The molecule has 0 fully saturated rings. The molecular formula is C22H24O3. The van der Waals surface area contributed by atoms with Gasteiger partial charge in [-0.25, -0.2) is 0 Å². The Morgan fingerprint density at radius 2 is 1.68 bits per heavy atom. The van der Waals surface area contributed by atoms with Crippen molar-refractivity contribution in [3.05, 3.63) is 64.7 Å². The fraction of sp³-hybridized carbons (Fsp3) is 0.318. The van der Waals surface area contributed by atoms with E-state index in [1.807, 2.05) is 6.07 Å². The van der Waals surface area contributed by atoms with Gasteiger partial charge in [0, 0.05) is 12.0 Å². The van der Waals surface area contributed by atoms with Gasteiger partial charge >= 0.3 is 0 Å². The minimum absolute atomic E-state index is 0.105. The molecule has 0 aliphatic heterocycles. The molecule has 0 atom stereocenters. The third-order valence-corrected chi connectivity index (χ3v) is 4.85. The van der Waals surface area contributed by atoms with E-state index in [1.165, 1.54) is 11.1 Å². The maximum atomic E-state index is 11.9. The molecule has 2 aromatic rings. The van der Waals surface area contributed by atoms with Crippen molar-refractivity contribution in [1.82, 2.24) is 0 Å². The highest BCUT2D eigenvalue weighted by molar-refractivity contribution is 6.02. The van der Waals surface area contributed by atoms with Gasteiger partial charge in [0.15, 0.2) is 17.3 Å². The van der Waals surface area contributed by atoms with Gasteiger partial charge in [-0.15, -0.1) is 0 Å². The van der Waals surface area contributed by atoms with E-state index in [2.05, 4.69) is 50.3 Å². The van der Waals surface area contributed by atoms with Gasteiger partial charge in [-0.05, 0) is 40.7 Å². The van der Waals surface area contributed by atoms with Crippen LogP contribution in [0.3, 0.4) is 0 Å². The lowest BCUT2D eigenvalue weighted by Gasteiger charge is -2.19. The molecule has 2 aliphatic rings. The van der Waals surface area contributed by atoms with Crippen molar-refractivity contribution in [2.24, 2.45) is 0 Å². The second kappa shape index (κ2) is 6.75. The summed E-state index contributed by atoms with van der Waals surface area (Å²) in [5.41, 5.74) is 4.55. The number of carbonyl (C=O) groups is 1. The van der Waals surface area contributed by atoms with Crippen LogP contribution in [0.5, 0.6) is 11.5 Å². The van der Waals surface area contributed by atoms with Crippen molar-refractivity contribution in [3.63, 3.8) is 0 Å². The molecule has 0 saturated heterocycles. The van der Waals surface area contributed by atoms with Crippen molar-refractivity contribution < 1.29 is 14.3 Å².